The van der Waals surface area contributed by atoms with Gasteiger partial charge in [-0.3, -0.25) is 14.8 Å². The van der Waals surface area contributed by atoms with Gasteiger partial charge in [0.1, 0.15) is 5.71 Å². The summed E-state index contributed by atoms with van der Waals surface area (Å²) in [6.07, 6.45) is 10.1. The molecular weight excluding hydrogens is 424 g/mol. The lowest BCUT2D eigenvalue weighted by Crippen LogP contribution is -2.45. The van der Waals surface area contributed by atoms with Gasteiger partial charge < -0.3 is 0 Å². The van der Waals surface area contributed by atoms with E-state index in [9.17, 15) is 17.8 Å². The Morgan fingerprint density at radius 3 is 2.31 bits per heavy atom. The van der Waals surface area contributed by atoms with Crippen LogP contribution in [0.2, 0.25) is 0 Å². The summed E-state index contributed by atoms with van der Waals surface area (Å²) in [7, 11) is -4.71. The van der Waals surface area contributed by atoms with Gasteiger partial charge in [0.25, 0.3) is 10.1 Å². The van der Waals surface area contributed by atoms with E-state index in [1.54, 1.807) is 24.3 Å². The minimum atomic E-state index is -4.71. The predicted molar refractivity (Wildman–Crippen MR) is 128 cm³/mol. The monoisotopic (exact) mass is 448 g/mol. The minimum absolute atomic E-state index is 0.273. The highest BCUT2D eigenvalue weighted by molar-refractivity contribution is 7.88. The van der Waals surface area contributed by atoms with E-state index >= 15 is 0 Å². The third-order valence-electron chi connectivity index (χ3n) is 5.81. The second-order valence-corrected chi connectivity index (χ2v) is 10.5. The van der Waals surface area contributed by atoms with E-state index in [0.29, 0.717) is 16.8 Å². The topological polar surface area (TPSA) is 95.8 Å². The van der Waals surface area contributed by atoms with Crippen molar-refractivity contribution in [1.29, 1.82) is 0 Å². The van der Waals surface area contributed by atoms with Crippen molar-refractivity contribution in [3.8, 4) is 0 Å². The van der Waals surface area contributed by atoms with Crippen molar-refractivity contribution >= 4 is 38.1 Å². The van der Waals surface area contributed by atoms with Crippen molar-refractivity contribution in [3.05, 3.63) is 90.1 Å². The first kappa shape index (κ1) is 21.9. The lowest BCUT2D eigenvalue weighted by atomic mass is 9.92. The Bertz CT molecular complexity index is 1370. The van der Waals surface area contributed by atoms with Crippen LogP contribution in [-0.4, -0.2) is 29.2 Å². The number of hydrogen-bond acceptors (Lipinski definition) is 5. The number of hydrazone groups is 1. The second-order valence-electron chi connectivity index (χ2n) is 8.70. The molecule has 2 aliphatic carbocycles. The zero-order valence-electron chi connectivity index (χ0n) is 18.0. The first-order valence-corrected chi connectivity index (χ1v) is 11.6. The molecule has 0 amide bonds. The number of anilines is 1. The summed E-state index contributed by atoms with van der Waals surface area (Å²) >= 11 is 0. The molecule has 2 aliphatic rings. The number of rotatable bonds is 3. The molecule has 7 heteroatoms. The van der Waals surface area contributed by atoms with Crippen molar-refractivity contribution in [1.82, 2.24) is 0 Å². The van der Waals surface area contributed by atoms with Gasteiger partial charge in [-0.1, -0.05) is 86.7 Å². The number of benzene rings is 2. The van der Waals surface area contributed by atoms with Gasteiger partial charge in [0.15, 0.2) is 4.75 Å². The highest BCUT2D eigenvalue weighted by Crippen LogP contribution is 2.33. The van der Waals surface area contributed by atoms with Gasteiger partial charge in [0, 0.05) is 16.4 Å². The van der Waals surface area contributed by atoms with Crippen LogP contribution in [0.15, 0.2) is 95.2 Å². The second kappa shape index (κ2) is 7.69. The Balaban J connectivity index is 1.87. The Labute approximate surface area is 187 Å². The van der Waals surface area contributed by atoms with Crippen LogP contribution in [0, 0.1) is 5.41 Å². The number of nitrogens with one attached hydrogen (secondary N) is 1. The molecule has 6 nitrogen and oxygen atoms in total. The molecular formula is C25H24N2O4S. The van der Waals surface area contributed by atoms with Crippen molar-refractivity contribution in [2.24, 2.45) is 10.5 Å². The summed E-state index contributed by atoms with van der Waals surface area (Å²) in [5.41, 5.74) is 3.76. The highest BCUT2D eigenvalue weighted by Gasteiger charge is 2.46. The SMILES string of the molecule is CC1(C)C=CC2=C(C=C1)C(=O)/C(=N\Nc1cccc3ccccc13)C(C)(S(=O)(=O)O)C=C2. The Kier molecular flexibility index (Phi) is 5.27. The Morgan fingerprint density at radius 2 is 1.56 bits per heavy atom. The first-order chi connectivity index (χ1) is 15.0. The summed E-state index contributed by atoms with van der Waals surface area (Å²) in [5.74, 6) is -0.573. The first-order valence-electron chi connectivity index (χ1n) is 10.2. The molecule has 2 N–H and O–H groups in total. The molecule has 4 rings (SSSR count). The number of ketones is 1. The molecule has 2 aromatic rings. The number of Topliss-reactive ketones (excluding diaryl/α,β-unsaturated/α-hetero) is 1. The molecule has 2 aromatic carbocycles. The average Bonchev–Trinajstić information content (AvgIpc) is 2.95. The number of fused-ring (bicyclic) bond motifs is 1. The molecule has 0 aliphatic heterocycles. The van der Waals surface area contributed by atoms with E-state index in [2.05, 4.69) is 10.5 Å². The van der Waals surface area contributed by atoms with Gasteiger partial charge in [-0.05, 0) is 23.9 Å². The van der Waals surface area contributed by atoms with Crippen LogP contribution >= 0.6 is 0 Å². The summed E-state index contributed by atoms with van der Waals surface area (Å²) in [5, 5.41) is 6.09. The summed E-state index contributed by atoms with van der Waals surface area (Å²) in [4.78, 5) is 13.6. The number of carbonyl (C=O) groups is 1. The Morgan fingerprint density at radius 1 is 0.906 bits per heavy atom. The third-order valence-corrected chi connectivity index (χ3v) is 7.21. The molecule has 0 fully saturated rings. The highest BCUT2D eigenvalue weighted by atomic mass is 32.2. The number of carbonyl (C=O) groups excluding carboxylic acids is 1. The maximum Gasteiger partial charge on any atom is 0.280 e. The van der Waals surface area contributed by atoms with Gasteiger partial charge in [-0.25, -0.2) is 0 Å². The van der Waals surface area contributed by atoms with Crippen LogP contribution in [0.4, 0.5) is 5.69 Å². The summed E-state index contributed by atoms with van der Waals surface area (Å²) < 4.78 is 32.9. The zero-order chi connectivity index (χ0) is 23.1. The molecule has 0 radical (unpaired) electrons. The fourth-order valence-electron chi connectivity index (χ4n) is 3.69. The van der Waals surface area contributed by atoms with Crippen molar-refractivity contribution < 1.29 is 17.8 Å². The van der Waals surface area contributed by atoms with Crippen LogP contribution in [0.5, 0.6) is 0 Å². The molecule has 0 saturated carbocycles. The number of allylic oxidation sites excluding steroid dienone is 7. The summed E-state index contributed by atoms with van der Waals surface area (Å²) in [6.45, 7) is 5.27. The average molecular weight is 449 g/mol. The van der Waals surface area contributed by atoms with Crippen molar-refractivity contribution in [2.45, 2.75) is 25.5 Å². The predicted octanol–water partition coefficient (Wildman–Crippen LogP) is 4.84. The molecule has 32 heavy (non-hydrogen) atoms. The van der Waals surface area contributed by atoms with E-state index in [1.165, 1.54) is 13.0 Å². The quantitative estimate of drug-likeness (QED) is 0.517. The Hall–Kier alpha value is -3.29. The standard InChI is InChI=1S/C25H24N2O4S/c1-24(2)14-11-18-12-16-25(3,32(29,30)31)23(22(28)20(18)13-15-24)27-26-21-10-6-8-17-7-4-5-9-19(17)21/h4-16,26H,1-3H3,(H,29,30,31)/b27-23+. The van der Waals surface area contributed by atoms with E-state index in [1.807, 2.05) is 62.4 Å². The molecule has 164 valence electrons. The van der Waals surface area contributed by atoms with Crippen LogP contribution in [0.25, 0.3) is 10.8 Å². The fraction of sp³-hybridized carbons (Fsp3) is 0.200. The maximum atomic E-state index is 13.6. The lowest BCUT2D eigenvalue weighted by Gasteiger charge is -2.23. The largest absolute Gasteiger partial charge is 0.287 e. The maximum absolute atomic E-state index is 13.6. The molecule has 1 unspecified atom stereocenters. The smallest absolute Gasteiger partial charge is 0.280 e. The number of nitrogens with zero attached hydrogens (tertiary/aromatic N) is 1. The van der Waals surface area contributed by atoms with E-state index < -0.39 is 20.6 Å². The van der Waals surface area contributed by atoms with Gasteiger partial charge >= 0.3 is 0 Å². The van der Waals surface area contributed by atoms with Gasteiger partial charge in [-0.15, -0.1) is 0 Å². The minimum Gasteiger partial charge on any atom is -0.287 e. The van der Waals surface area contributed by atoms with E-state index in [4.69, 9.17) is 0 Å². The van der Waals surface area contributed by atoms with Crippen LogP contribution < -0.4 is 5.43 Å². The van der Waals surface area contributed by atoms with Crippen LogP contribution in [0.3, 0.4) is 0 Å². The molecule has 0 spiro atoms. The molecule has 0 bridgehead atoms. The molecule has 1 atom stereocenters. The van der Waals surface area contributed by atoms with Gasteiger partial charge in [-0.2, -0.15) is 13.5 Å². The zero-order valence-corrected chi connectivity index (χ0v) is 18.8. The van der Waals surface area contributed by atoms with Crippen LogP contribution in [-0.2, 0) is 14.9 Å². The molecule has 0 aromatic heterocycles. The summed E-state index contributed by atoms with van der Waals surface area (Å²) in [6, 6.07) is 13.2. The van der Waals surface area contributed by atoms with E-state index in [-0.39, 0.29) is 11.1 Å². The number of hydrogen-bond donors (Lipinski definition) is 2. The van der Waals surface area contributed by atoms with Crippen molar-refractivity contribution in [3.63, 3.8) is 0 Å². The van der Waals surface area contributed by atoms with E-state index in [0.717, 1.165) is 10.8 Å². The third kappa shape index (κ3) is 3.85. The van der Waals surface area contributed by atoms with Gasteiger partial charge in [0.2, 0.25) is 5.78 Å². The molecule has 0 heterocycles. The van der Waals surface area contributed by atoms with Crippen LogP contribution in [0.1, 0.15) is 20.8 Å². The van der Waals surface area contributed by atoms with Crippen molar-refractivity contribution in [2.75, 3.05) is 5.43 Å². The molecule has 0 saturated heterocycles. The fourth-order valence-corrected chi connectivity index (χ4v) is 4.31. The lowest BCUT2D eigenvalue weighted by molar-refractivity contribution is -0.109. The van der Waals surface area contributed by atoms with Gasteiger partial charge in [0.05, 0.1) is 5.69 Å². The normalized spacial score (nSPS) is 23.9.